The number of carbonyl (C=O) groups excluding carboxylic acids is 1. The summed E-state index contributed by atoms with van der Waals surface area (Å²) in [6.45, 7) is 4.74. The molecule has 3 nitrogen and oxygen atoms in total. The van der Waals surface area contributed by atoms with Gasteiger partial charge in [0.25, 0.3) is 5.91 Å². The van der Waals surface area contributed by atoms with Gasteiger partial charge in [-0.15, -0.1) is 0 Å². The first-order valence-electron chi connectivity index (χ1n) is 7.99. The van der Waals surface area contributed by atoms with Crippen LogP contribution < -0.4 is 0 Å². The number of hydrogen-bond donors (Lipinski definition) is 0. The molecule has 1 aliphatic carbocycles. The fourth-order valence-electron chi connectivity index (χ4n) is 4.17. The monoisotopic (exact) mass is 301 g/mol. The lowest BCUT2D eigenvalue weighted by atomic mass is 9.68. The van der Waals surface area contributed by atoms with Crippen LogP contribution in [0.25, 0.3) is 11.0 Å². The maximum Gasteiger partial charge on any atom is 0.290 e. The summed E-state index contributed by atoms with van der Waals surface area (Å²) in [7, 11) is 0. The third-order valence-corrected chi connectivity index (χ3v) is 5.55. The van der Waals surface area contributed by atoms with E-state index in [1.54, 1.807) is 12.1 Å². The Kier molecular flexibility index (Phi) is 2.87. The highest BCUT2D eigenvalue weighted by Gasteiger charge is 2.48. The number of fused-ring (bicyclic) bond motifs is 1. The molecule has 1 aromatic heterocycles. The van der Waals surface area contributed by atoms with Gasteiger partial charge in [0.2, 0.25) is 0 Å². The SMILES string of the molecule is Cc1c(C(=O)N2CC3(CCC3)CC2C)oc2c(F)cccc12. The van der Waals surface area contributed by atoms with Gasteiger partial charge in [0, 0.05) is 23.5 Å². The highest BCUT2D eigenvalue weighted by atomic mass is 19.1. The molecular weight excluding hydrogens is 281 g/mol. The van der Waals surface area contributed by atoms with Crippen molar-refractivity contribution in [2.45, 2.75) is 45.6 Å². The van der Waals surface area contributed by atoms with Crippen LogP contribution in [0.1, 0.15) is 48.7 Å². The number of benzene rings is 1. The topological polar surface area (TPSA) is 33.5 Å². The summed E-state index contributed by atoms with van der Waals surface area (Å²) in [6.07, 6.45) is 4.78. The molecule has 0 N–H and O–H groups in total. The molecule has 1 aromatic carbocycles. The van der Waals surface area contributed by atoms with Crippen LogP contribution in [-0.4, -0.2) is 23.4 Å². The van der Waals surface area contributed by atoms with E-state index in [4.69, 9.17) is 4.42 Å². The molecule has 22 heavy (non-hydrogen) atoms. The van der Waals surface area contributed by atoms with E-state index in [2.05, 4.69) is 6.92 Å². The maximum absolute atomic E-state index is 13.9. The lowest BCUT2D eigenvalue weighted by Gasteiger charge is -2.37. The average Bonchev–Trinajstić information content (AvgIpc) is 2.98. The van der Waals surface area contributed by atoms with Gasteiger partial charge in [-0.1, -0.05) is 18.6 Å². The first-order chi connectivity index (χ1) is 10.5. The average molecular weight is 301 g/mol. The van der Waals surface area contributed by atoms with E-state index in [9.17, 15) is 9.18 Å². The molecule has 0 radical (unpaired) electrons. The summed E-state index contributed by atoms with van der Waals surface area (Å²) in [4.78, 5) is 14.8. The normalized spacial score (nSPS) is 23.2. The predicted molar refractivity (Wildman–Crippen MR) is 82.3 cm³/mol. The number of furan rings is 1. The van der Waals surface area contributed by atoms with Crippen molar-refractivity contribution in [3.8, 4) is 0 Å². The fraction of sp³-hybridized carbons (Fsp3) is 0.500. The Morgan fingerprint density at radius 2 is 2.18 bits per heavy atom. The highest BCUT2D eigenvalue weighted by molar-refractivity contribution is 5.99. The Hall–Kier alpha value is -1.84. The molecule has 2 fully saturated rings. The van der Waals surface area contributed by atoms with Crippen LogP contribution in [0.15, 0.2) is 22.6 Å². The van der Waals surface area contributed by atoms with Crippen LogP contribution in [-0.2, 0) is 0 Å². The Bertz CT molecular complexity index is 760. The van der Waals surface area contributed by atoms with Crippen molar-refractivity contribution in [1.82, 2.24) is 4.90 Å². The Balaban J connectivity index is 1.71. The summed E-state index contributed by atoms with van der Waals surface area (Å²) in [6, 6.07) is 5.04. The van der Waals surface area contributed by atoms with Crippen LogP contribution in [0.2, 0.25) is 0 Å². The van der Waals surface area contributed by atoms with Crippen molar-refractivity contribution < 1.29 is 13.6 Å². The molecule has 1 amide bonds. The quantitative estimate of drug-likeness (QED) is 0.787. The fourth-order valence-corrected chi connectivity index (χ4v) is 4.17. The lowest BCUT2D eigenvalue weighted by Crippen LogP contribution is -2.37. The van der Waals surface area contributed by atoms with Gasteiger partial charge >= 0.3 is 0 Å². The van der Waals surface area contributed by atoms with Crippen molar-refractivity contribution in [3.05, 3.63) is 35.3 Å². The predicted octanol–water partition coefficient (Wildman–Crippen LogP) is 4.29. The van der Waals surface area contributed by atoms with E-state index in [0.29, 0.717) is 16.6 Å². The zero-order chi connectivity index (χ0) is 15.5. The number of amides is 1. The molecule has 1 aliphatic heterocycles. The highest BCUT2D eigenvalue weighted by Crippen LogP contribution is 2.50. The summed E-state index contributed by atoms with van der Waals surface area (Å²) in [5.74, 6) is -0.211. The van der Waals surface area contributed by atoms with Crippen molar-refractivity contribution in [2.24, 2.45) is 5.41 Å². The zero-order valence-electron chi connectivity index (χ0n) is 13.0. The zero-order valence-corrected chi connectivity index (χ0v) is 13.0. The Morgan fingerprint density at radius 1 is 1.41 bits per heavy atom. The number of nitrogens with zero attached hydrogens (tertiary/aromatic N) is 1. The van der Waals surface area contributed by atoms with Crippen LogP contribution in [0.4, 0.5) is 4.39 Å². The number of hydrogen-bond acceptors (Lipinski definition) is 2. The molecule has 2 heterocycles. The van der Waals surface area contributed by atoms with Crippen LogP contribution in [0, 0.1) is 18.2 Å². The smallest absolute Gasteiger partial charge is 0.290 e. The third kappa shape index (κ3) is 1.82. The maximum atomic E-state index is 13.9. The molecule has 1 spiro atoms. The number of likely N-dealkylation sites (tertiary alicyclic amines) is 1. The second kappa shape index (κ2) is 4.58. The Labute approximate surface area is 129 Å². The number of rotatable bonds is 1. The number of carbonyl (C=O) groups is 1. The third-order valence-electron chi connectivity index (χ3n) is 5.55. The molecule has 1 saturated heterocycles. The second-order valence-corrected chi connectivity index (χ2v) is 7.01. The molecule has 116 valence electrons. The van der Waals surface area contributed by atoms with Crippen LogP contribution >= 0.6 is 0 Å². The van der Waals surface area contributed by atoms with E-state index < -0.39 is 5.82 Å². The van der Waals surface area contributed by atoms with Gasteiger partial charge in [0.05, 0.1) is 0 Å². The van der Waals surface area contributed by atoms with Gasteiger partial charge in [0.15, 0.2) is 17.2 Å². The standard InChI is InChI=1S/C18H20FNO2/c1-11-9-18(7-4-8-18)10-20(11)17(21)15-12(2)13-5-3-6-14(19)16(13)22-15/h3,5-6,11H,4,7-10H2,1-2H3. The largest absolute Gasteiger partial charge is 0.448 e. The summed E-state index contributed by atoms with van der Waals surface area (Å²) in [5.41, 5.74) is 1.26. The van der Waals surface area contributed by atoms with Crippen LogP contribution in [0.5, 0.6) is 0 Å². The number of aryl methyl sites for hydroxylation is 1. The molecule has 4 rings (SSSR count). The van der Waals surface area contributed by atoms with Crippen molar-refractivity contribution in [3.63, 3.8) is 0 Å². The van der Waals surface area contributed by atoms with E-state index in [0.717, 1.165) is 18.5 Å². The van der Waals surface area contributed by atoms with E-state index >= 15 is 0 Å². The van der Waals surface area contributed by atoms with Gasteiger partial charge in [-0.3, -0.25) is 4.79 Å². The van der Waals surface area contributed by atoms with Crippen molar-refractivity contribution in [1.29, 1.82) is 0 Å². The number of halogens is 1. The van der Waals surface area contributed by atoms with Gasteiger partial charge < -0.3 is 9.32 Å². The molecule has 0 bridgehead atoms. The van der Waals surface area contributed by atoms with Crippen molar-refractivity contribution >= 4 is 16.9 Å². The van der Waals surface area contributed by atoms with E-state index in [1.165, 1.54) is 25.3 Å². The molecular formula is C18H20FNO2. The first-order valence-corrected chi connectivity index (χ1v) is 7.99. The number of para-hydroxylation sites is 1. The van der Waals surface area contributed by atoms with Crippen molar-refractivity contribution in [2.75, 3.05) is 6.54 Å². The summed E-state index contributed by atoms with van der Waals surface area (Å²) >= 11 is 0. The molecule has 4 heteroatoms. The molecule has 1 saturated carbocycles. The van der Waals surface area contributed by atoms with Crippen LogP contribution in [0.3, 0.4) is 0 Å². The van der Waals surface area contributed by atoms with E-state index in [1.807, 2.05) is 11.8 Å². The van der Waals surface area contributed by atoms with Gasteiger partial charge in [-0.2, -0.15) is 0 Å². The second-order valence-electron chi connectivity index (χ2n) is 7.01. The minimum absolute atomic E-state index is 0.0932. The molecule has 2 aromatic rings. The molecule has 1 unspecified atom stereocenters. The van der Waals surface area contributed by atoms with Gasteiger partial charge in [0.1, 0.15) is 0 Å². The van der Waals surface area contributed by atoms with Gasteiger partial charge in [-0.05, 0) is 44.6 Å². The molecule has 1 atom stereocenters. The first kappa shape index (κ1) is 13.8. The lowest BCUT2D eigenvalue weighted by molar-refractivity contribution is 0.0670. The Morgan fingerprint density at radius 3 is 2.77 bits per heavy atom. The van der Waals surface area contributed by atoms with Gasteiger partial charge in [-0.25, -0.2) is 4.39 Å². The van der Waals surface area contributed by atoms with E-state index in [-0.39, 0.29) is 17.5 Å². The summed E-state index contributed by atoms with van der Waals surface area (Å²) < 4.78 is 19.5. The summed E-state index contributed by atoms with van der Waals surface area (Å²) in [5, 5.41) is 0.688. The minimum Gasteiger partial charge on any atom is -0.448 e. The molecule has 2 aliphatic rings. The minimum atomic E-state index is -0.412.